The molecule has 0 aliphatic carbocycles. The number of nitrogen functional groups attached to an aromatic ring is 1. The van der Waals surface area contributed by atoms with Crippen LogP contribution in [-0.4, -0.2) is 28.7 Å². The van der Waals surface area contributed by atoms with E-state index in [0.29, 0.717) is 5.82 Å². The highest BCUT2D eigenvalue weighted by atomic mass is 16.5. The monoisotopic (exact) mass is 223 g/mol. The van der Waals surface area contributed by atoms with Gasteiger partial charge in [0, 0.05) is 18.8 Å². The molecule has 6 heteroatoms. The van der Waals surface area contributed by atoms with Crippen LogP contribution in [0.4, 0.5) is 11.6 Å². The fourth-order valence-electron chi connectivity index (χ4n) is 1.75. The standard InChI is InChI=1S/C10H17N5O/c1-10(2-4-16-5-3-10)14-8-6-12-7-9(13-8)15-11/h6-7H,2-5,11H2,1H3,(H2,13,14,15). The molecular formula is C10H17N5O. The molecule has 4 N–H and O–H groups in total. The van der Waals surface area contributed by atoms with E-state index in [-0.39, 0.29) is 5.54 Å². The Bertz CT molecular complexity index is 351. The minimum atomic E-state index is 0.0279. The summed E-state index contributed by atoms with van der Waals surface area (Å²) in [5, 5.41) is 3.38. The molecule has 2 heterocycles. The Morgan fingerprint density at radius 2 is 2.00 bits per heavy atom. The lowest BCUT2D eigenvalue weighted by Gasteiger charge is -2.34. The third kappa shape index (κ3) is 2.59. The first-order chi connectivity index (χ1) is 7.72. The number of rotatable bonds is 3. The van der Waals surface area contributed by atoms with E-state index >= 15 is 0 Å². The SMILES string of the molecule is CC1(Nc2cncc(NN)n2)CCOCC1. The largest absolute Gasteiger partial charge is 0.381 e. The summed E-state index contributed by atoms with van der Waals surface area (Å²) in [4.78, 5) is 8.33. The number of hydrazine groups is 1. The van der Waals surface area contributed by atoms with E-state index in [4.69, 9.17) is 10.6 Å². The minimum Gasteiger partial charge on any atom is -0.381 e. The second kappa shape index (κ2) is 4.63. The lowest BCUT2D eigenvalue weighted by atomic mass is 9.93. The van der Waals surface area contributed by atoms with E-state index in [9.17, 15) is 0 Å². The van der Waals surface area contributed by atoms with Gasteiger partial charge in [-0.2, -0.15) is 0 Å². The third-order valence-electron chi connectivity index (χ3n) is 2.81. The highest BCUT2D eigenvalue weighted by molar-refractivity contribution is 5.42. The van der Waals surface area contributed by atoms with Crippen LogP contribution in [0.5, 0.6) is 0 Å². The summed E-state index contributed by atoms with van der Waals surface area (Å²) in [6, 6.07) is 0. The summed E-state index contributed by atoms with van der Waals surface area (Å²) < 4.78 is 5.34. The van der Waals surface area contributed by atoms with E-state index in [1.165, 1.54) is 0 Å². The van der Waals surface area contributed by atoms with Crippen LogP contribution < -0.4 is 16.6 Å². The van der Waals surface area contributed by atoms with Crippen molar-refractivity contribution in [2.24, 2.45) is 5.84 Å². The maximum Gasteiger partial charge on any atom is 0.160 e. The van der Waals surface area contributed by atoms with Crippen molar-refractivity contribution >= 4 is 11.6 Å². The molecule has 2 rings (SSSR count). The Hall–Kier alpha value is -1.40. The molecule has 1 fully saturated rings. The van der Waals surface area contributed by atoms with Crippen LogP contribution in [0.1, 0.15) is 19.8 Å². The predicted octanol–water partition coefficient (Wildman–Crippen LogP) is 0.743. The number of ether oxygens (including phenoxy) is 1. The smallest absolute Gasteiger partial charge is 0.160 e. The van der Waals surface area contributed by atoms with Crippen molar-refractivity contribution in [3.05, 3.63) is 12.4 Å². The molecule has 1 aromatic heterocycles. The molecule has 16 heavy (non-hydrogen) atoms. The fraction of sp³-hybridized carbons (Fsp3) is 0.600. The summed E-state index contributed by atoms with van der Waals surface area (Å²) >= 11 is 0. The summed E-state index contributed by atoms with van der Waals surface area (Å²) in [6.45, 7) is 3.73. The maximum atomic E-state index is 5.34. The Morgan fingerprint density at radius 3 is 2.69 bits per heavy atom. The molecule has 0 bridgehead atoms. The van der Waals surface area contributed by atoms with Gasteiger partial charge >= 0.3 is 0 Å². The van der Waals surface area contributed by atoms with Gasteiger partial charge in [-0.05, 0) is 19.8 Å². The van der Waals surface area contributed by atoms with Gasteiger partial charge in [0.05, 0.1) is 12.4 Å². The van der Waals surface area contributed by atoms with E-state index in [0.717, 1.165) is 31.9 Å². The van der Waals surface area contributed by atoms with E-state index in [1.807, 2.05) is 0 Å². The first kappa shape index (κ1) is 11.1. The van der Waals surface area contributed by atoms with Gasteiger partial charge in [-0.3, -0.25) is 4.98 Å². The highest BCUT2D eigenvalue weighted by Crippen LogP contribution is 2.24. The number of nitrogens with one attached hydrogen (secondary N) is 2. The third-order valence-corrected chi connectivity index (χ3v) is 2.81. The molecule has 0 amide bonds. The molecule has 1 aliphatic rings. The number of aromatic nitrogens is 2. The number of anilines is 2. The predicted molar refractivity (Wildman–Crippen MR) is 61.9 cm³/mol. The van der Waals surface area contributed by atoms with Crippen LogP contribution in [0.25, 0.3) is 0 Å². The van der Waals surface area contributed by atoms with Crippen LogP contribution in [-0.2, 0) is 4.74 Å². The zero-order chi connectivity index (χ0) is 11.4. The second-order valence-corrected chi connectivity index (χ2v) is 4.23. The van der Waals surface area contributed by atoms with E-state index < -0.39 is 0 Å². The van der Waals surface area contributed by atoms with Crippen LogP contribution in [0.15, 0.2) is 12.4 Å². The Kier molecular flexibility index (Phi) is 3.21. The van der Waals surface area contributed by atoms with Gasteiger partial charge in [0.15, 0.2) is 5.82 Å². The van der Waals surface area contributed by atoms with Crippen LogP contribution >= 0.6 is 0 Å². The van der Waals surface area contributed by atoms with Crippen molar-refractivity contribution in [1.29, 1.82) is 0 Å². The summed E-state index contributed by atoms with van der Waals surface area (Å²) in [5.41, 5.74) is 2.51. The van der Waals surface area contributed by atoms with E-state index in [1.54, 1.807) is 12.4 Å². The lowest BCUT2D eigenvalue weighted by molar-refractivity contribution is 0.0657. The van der Waals surface area contributed by atoms with Crippen molar-refractivity contribution in [3.8, 4) is 0 Å². The topological polar surface area (TPSA) is 85.1 Å². The molecule has 0 spiro atoms. The zero-order valence-electron chi connectivity index (χ0n) is 9.36. The fourth-order valence-corrected chi connectivity index (χ4v) is 1.75. The van der Waals surface area contributed by atoms with Crippen molar-refractivity contribution in [2.45, 2.75) is 25.3 Å². The molecule has 88 valence electrons. The van der Waals surface area contributed by atoms with Crippen molar-refractivity contribution in [2.75, 3.05) is 24.0 Å². The number of hydrogen-bond donors (Lipinski definition) is 3. The molecule has 1 aromatic rings. The molecule has 0 unspecified atom stereocenters. The molecule has 6 nitrogen and oxygen atoms in total. The van der Waals surface area contributed by atoms with Crippen LogP contribution in [0, 0.1) is 0 Å². The summed E-state index contributed by atoms with van der Waals surface area (Å²) in [6.07, 6.45) is 5.21. The Labute approximate surface area is 94.6 Å². The van der Waals surface area contributed by atoms with Gasteiger partial charge < -0.3 is 15.5 Å². The van der Waals surface area contributed by atoms with Crippen molar-refractivity contribution in [1.82, 2.24) is 9.97 Å². The first-order valence-electron chi connectivity index (χ1n) is 5.36. The van der Waals surface area contributed by atoms with Crippen molar-refractivity contribution < 1.29 is 4.74 Å². The minimum absolute atomic E-state index is 0.0279. The molecule has 0 radical (unpaired) electrons. The van der Waals surface area contributed by atoms with Gasteiger partial charge in [0.25, 0.3) is 0 Å². The lowest BCUT2D eigenvalue weighted by Crippen LogP contribution is -2.40. The normalized spacial score (nSPS) is 19.1. The number of nitrogens with zero attached hydrogens (tertiary/aromatic N) is 2. The van der Waals surface area contributed by atoms with Crippen molar-refractivity contribution in [3.63, 3.8) is 0 Å². The molecule has 1 saturated heterocycles. The molecule has 0 aromatic carbocycles. The van der Waals surface area contributed by atoms with Gasteiger partial charge in [0.1, 0.15) is 5.82 Å². The quantitative estimate of drug-likeness (QED) is 0.518. The second-order valence-electron chi connectivity index (χ2n) is 4.23. The molecule has 0 atom stereocenters. The van der Waals surface area contributed by atoms with Crippen LogP contribution in [0.3, 0.4) is 0 Å². The first-order valence-corrected chi connectivity index (χ1v) is 5.36. The molecule has 0 saturated carbocycles. The van der Waals surface area contributed by atoms with Gasteiger partial charge in [-0.1, -0.05) is 0 Å². The number of nitrogens with two attached hydrogens (primary N) is 1. The van der Waals surface area contributed by atoms with Gasteiger partial charge in [0.2, 0.25) is 0 Å². The Morgan fingerprint density at radius 1 is 1.31 bits per heavy atom. The Balaban J connectivity index is 2.07. The molecular weight excluding hydrogens is 206 g/mol. The highest BCUT2D eigenvalue weighted by Gasteiger charge is 2.27. The average molecular weight is 223 g/mol. The number of hydrogen-bond acceptors (Lipinski definition) is 6. The maximum absolute atomic E-state index is 5.34. The molecule has 1 aliphatic heterocycles. The average Bonchev–Trinajstić information content (AvgIpc) is 2.29. The van der Waals surface area contributed by atoms with Gasteiger partial charge in [-0.15, -0.1) is 0 Å². The zero-order valence-corrected chi connectivity index (χ0v) is 9.36. The van der Waals surface area contributed by atoms with E-state index in [2.05, 4.69) is 27.6 Å². The summed E-state index contributed by atoms with van der Waals surface area (Å²) in [5.74, 6) is 6.58. The summed E-state index contributed by atoms with van der Waals surface area (Å²) in [7, 11) is 0. The van der Waals surface area contributed by atoms with Gasteiger partial charge in [-0.25, -0.2) is 10.8 Å². The van der Waals surface area contributed by atoms with Crippen LogP contribution in [0.2, 0.25) is 0 Å².